The van der Waals surface area contributed by atoms with Gasteiger partial charge in [-0.25, -0.2) is 0 Å². The summed E-state index contributed by atoms with van der Waals surface area (Å²) < 4.78 is 0. The molecule has 2 N–H and O–H groups in total. The molecule has 1 heterocycles. The Hall–Kier alpha value is -0.510. The van der Waals surface area contributed by atoms with Crippen LogP contribution < -0.4 is 5.32 Å². The molecule has 2 aliphatic rings. The quantitative estimate of drug-likeness (QED) is 0.889. The zero-order valence-electron chi connectivity index (χ0n) is 12.1. The van der Waals surface area contributed by atoms with Crippen molar-refractivity contribution in [2.45, 2.75) is 43.0 Å². The molecule has 1 saturated carbocycles. The molecule has 0 bridgehead atoms. The number of rotatable bonds is 4. The lowest BCUT2D eigenvalue weighted by atomic mass is 9.79. The molecule has 3 rings (SSSR count). The van der Waals surface area contributed by atoms with Gasteiger partial charge < -0.3 is 10.4 Å². The number of aliphatic hydroxyl groups excluding tert-OH is 1. The number of nitrogens with one attached hydrogen (secondary N) is 1. The van der Waals surface area contributed by atoms with Gasteiger partial charge in [-0.15, -0.1) is 11.8 Å². The first-order chi connectivity index (χ1) is 9.88. The molecule has 1 aliphatic carbocycles. The van der Waals surface area contributed by atoms with Crippen LogP contribution >= 0.6 is 11.8 Å². The molecule has 3 unspecified atom stereocenters. The first kappa shape index (κ1) is 14.4. The van der Waals surface area contributed by atoms with Crippen molar-refractivity contribution >= 4 is 11.8 Å². The van der Waals surface area contributed by atoms with Crippen LogP contribution in [-0.2, 0) is 0 Å². The smallest absolute Gasteiger partial charge is 0.0462 e. The first-order valence-corrected chi connectivity index (χ1v) is 8.93. The summed E-state index contributed by atoms with van der Waals surface area (Å²) in [5.41, 5.74) is 1.47. The summed E-state index contributed by atoms with van der Waals surface area (Å²) in [4.78, 5) is 1.44. The standard InChI is InChI=1S/C17H25NOS/c19-12-14-6-2-1-5-13(14)11-18-16-9-10-20-17-8-4-3-7-15(16)17/h3-4,7-8,13-14,16,18-19H,1-2,5-6,9-12H2. The van der Waals surface area contributed by atoms with Gasteiger partial charge in [-0.1, -0.05) is 31.0 Å². The summed E-state index contributed by atoms with van der Waals surface area (Å²) in [6.07, 6.45) is 6.34. The summed E-state index contributed by atoms with van der Waals surface area (Å²) in [6, 6.07) is 9.30. The van der Waals surface area contributed by atoms with Crippen LogP contribution in [-0.4, -0.2) is 24.0 Å². The third kappa shape index (κ3) is 3.21. The van der Waals surface area contributed by atoms with E-state index in [0.29, 0.717) is 24.5 Å². The normalized spacial score (nSPS) is 29.9. The van der Waals surface area contributed by atoms with Crippen molar-refractivity contribution in [2.75, 3.05) is 18.9 Å². The van der Waals surface area contributed by atoms with Gasteiger partial charge in [0.2, 0.25) is 0 Å². The molecular weight excluding hydrogens is 266 g/mol. The topological polar surface area (TPSA) is 32.3 Å². The molecule has 20 heavy (non-hydrogen) atoms. The van der Waals surface area contributed by atoms with Crippen LogP contribution in [0.2, 0.25) is 0 Å². The summed E-state index contributed by atoms with van der Waals surface area (Å²) in [6.45, 7) is 1.43. The van der Waals surface area contributed by atoms with Crippen LogP contribution in [0.1, 0.15) is 43.7 Å². The first-order valence-electron chi connectivity index (χ1n) is 7.94. The molecule has 3 atom stereocenters. The molecule has 1 aromatic rings. The maximum Gasteiger partial charge on any atom is 0.0462 e. The highest BCUT2D eigenvalue weighted by atomic mass is 32.2. The molecule has 1 aliphatic heterocycles. The van der Waals surface area contributed by atoms with E-state index in [1.807, 2.05) is 11.8 Å². The monoisotopic (exact) mass is 291 g/mol. The van der Waals surface area contributed by atoms with Gasteiger partial charge in [0.15, 0.2) is 0 Å². The molecule has 0 saturated heterocycles. The third-order valence-electron chi connectivity index (χ3n) is 4.89. The number of aliphatic hydroxyl groups is 1. The average Bonchev–Trinajstić information content (AvgIpc) is 2.53. The number of hydrogen-bond donors (Lipinski definition) is 2. The second-order valence-electron chi connectivity index (χ2n) is 6.12. The van der Waals surface area contributed by atoms with Crippen molar-refractivity contribution in [1.82, 2.24) is 5.32 Å². The van der Waals surface area contributed by atoms with E-state index in [1.54, 1.807) is 0 Å². The minimum Gasteiger partial charge on any atom is -0.396 e. The highest BCUT2D eigenvalue weighted by molar-refractivity contribution is 7.99. The van der Waals surface area contributed by atoms with E-state index < -0.39 is 0 Å². The Bertz CT molecular complexity index is 437. The van der Waals surface area contributed by atoms with Gasteiger partial charge in [-0.2, -0.15) is 0 Å². The molecule has 0 amide bonds. The molecule has 110 valence electrons. The van der Waals surface area contributed by atoms with Crippen LogP contribution in [0.3, 0.4) is 0 Å². The molecule has 0 aromatic heterocycles. The summed E-state index contributed by atoms with van der Waals surface area (Å²) in [5, 5.41) is 13.3. The van der Waals surface area contributed by atoms with E-state index in [9.17, 15) is 5.11 Å². The Kier molecular flexibility index (Phi) is 5.03. The lowest BCUT2D eigenvalue weighted by Crippen LogP contribution is -2.35. The third-order valence-corrected chi connectivity index (χ3v) is 6.01. The highest BCUT2D eigenvalue weighted by Crippen LogP contribution is 2.36. The van der Waals surface area contributed by atoms with E-state index in [4.69, 9.17) is 0 Å². The van der Waals surface area contributed by atoms with Crippen LogP contribution in [0.5, 0.6) is 0 Å². The van der Waals surface area contributed by atoms with Gasteiger partial charge in [0, 0.05) is 17.5 Å². The molecule has 0 spiro atoms. The van der Waals surface area contributed by atoms with Crippen molar-refractivity contribution < 1.29 is 5.11 Å². The van der Waals surface area contributed by atoms with E-state index in [0.717, 1.165) is 6.54 Å². The highest BCUT2D eigenvalue weighted by Gasteiger charge is 2.26. The predicted octanol–water partition coefficient (Wildman–Crippen LogP) is 3.61. The van der Waals surface area contributed by atoms with Crippen LogP contribution in [0, 0.1) is 11.8 Å². The zero-order chi connectivity index (χ0) is 13.8. The second kappa shape index (κ2) is 6.97. The molecular formula is C17H25NOS. The molecule has 0 radical (unpaired) electrons. The summed E-state index contributed by atoms with van der Waals surface area (Å²) in [5.74, 6) is 2.39. The van der Waals surface area contributed by atoms with Crippen LogP contribution in [0.25, 0.3) is 0 Å². The van der Waals surface area contributed by atoms with Crippen molar-refractivity contribution in [2.24, 2.45) is 11.8 Å². The Balaban J connectivity index is 1.61. The van der Waals surface area contributed by atoms with Gasteiger partial charge in [0.25, 0.3) is 0 Å². The maximum absolute atomic E-state index is 9.53. The fourth-order valence-electron chi connectivity index (χ4n) is 3.64. The minimum atomic E-state index is 0.365. The fourth-order valence-corrected chi connectivity index (χ4v) is 4.77. The Morgan fingerprint density at radius 2 is 1.90 bits per heavy atom. The SMILES string of the molecule is OCC1CCCCC1CNC1CCSc2ccccc21. The lowest BCUT2D eigenvalue weighted by Gasteiger charge is -2.33. The summed E-state index contributed by atoms with van der Waals surface area (Å²) in [7, 11) is 0. The van der Waals surface area contributed by atoms with E-state index in [1.165, 1.54) is 48.3 Å². The van der Waals surface area contributed by atoms with E-state index in [2.05, 4.69) is 29.6 Å². The van der Waals surface area contributed by atoms with Gasteiger partial charge >= 0.3 is 0 Å². The Morgan fingerprint density at radius 1 is 1.10 bits per heavy atom. The molecule has 1 aromatic carbocycles. The summed E-state index contributed by atoms with van der Waals surface area (Å²) >= 11 is 1.98. The van der Waals surface area contributed by atoms with Crippen molar-refractivity contribution in [3.63, 3.8) is 0 Å². The maximum atomic E-state index is 9.53. The van der Waals surface area contributed by atoms with E-state index >= 15 is 0 Å². The zero-order valence-corrected chi connectivity index (χ0v) is 12.9. The van der Waals surface area contributed by atoms with Crippen LogP contribution in [0.15, 0.2) is 29.2 Å². The van der Waals surface area contributed by atoms with Crippen molar-refractivity contribution in [3.05, 3.63) is 29.8 Å². The molecule has 2 nitrogen and oxygen atoms in total. The fraction of sp³-hybridized carbons (Fsp3) is 0.647. The number of thioether (sulfide) groups is 1. The Labute approximate surface area is 126 Å². The minimum absolute atomic E-state index is 0.365. The van der Waals surface area contributed by atoms with Gasteiger partial charge in [-0.3, -0.25) is 0 Å². The number of hydrogen-bond acceptors (Lipinski definition) is 3. The van der Waals surface area contributed by atoms with E-state index in [-0.39, 0.29) is 0 Å². The number of fused-ring (bicyclic) bond motifs is 1. The van der Waals surface area contributed by atoms with Crippen molar-refractivity contribution in [1.29, 1.82) is 0 Å². The van der Waals surface area contributed by atoms with Crippen molar-refractivity contribution in [3.8, 4) is 0 Å². The second-order valence-corrected chi connectivity index (χ2v) is 7.26. The van der Waals surface area contributed by atoms with Gasteiger partial charge in [0.05, 0.1) is 0 Å². The predicted molar refractivity (Wildman–Crippen MR) is 85.1 cm³/mol. The average molecular weight is 291 g/mol. The number of benzene rings is 1. The molecule has 1 fully saturated rings. The lowest BCUT2D eigenvalue weighted by molar-refractivity contribution is 0.131. The van der Waals surface area contributed by atoms with Gasteiger partial charge in [-0.05, 0) is 55.0 Å². The molecule has 3 heteroatoms. The van der Waals surface area contributed by atoms with Crippen LogP contribution in [0.4, 0.5) is 0 Å². The Morgan fingerprint density at radius 3 is 2.75 bits per heavy atom. The van der Waals surface area contributed by atoms with Gasteiger partial charge in [0.1, 0.15) is 0 Å². The largest absolute Gasteiger partial charge is 0.396 e.